The van der Waals surface area contributed by atoms with Gasteiger partial charge in [-0.3, -0.25) is 4.79 Å². The van der Waals surface area contributed by atoms with E-state index >= 15 is 0 Å². The number of hydrogen-bond acceptors (Lipinski definition) is 2. The normalized spacial score (nSPS) is 36.6. The molecule has 2 rings (SSSR count). The van der Waals surface area contributed by atoms with Crippen LogP contribution in [-0.2, 0) is 4.79 Å². The molecule has 3 unspecified atom stereocenters. The molecule has 1 aliphatic heterocycles. The van der Waals surface area contributed by atoms with Crippen molar-refractivity contribution in [2.45, 2.75) is 57.5 Å². The van der Waals surface area contributed by atoms with Crippen LogP contribution in [0.3, 0.4) is 0 Å². The quantitative estimate of drug-likeness (QED) is 0.740. The Hall–Kier alpha value is -0.570. The molecule has 2 fully saturated rings. The number of rotatable bonds is 3. The van der Waals surface area contributed by atoms with E-state index in [0.29, 0.717) is 18.5 Å². The van der Waals surface area contributed by atoms with Gasteiger partial charge in [0.1, 0.15) is 0 Å². The summed E-state index contributed by atoms with van der Waals surface area (Å²) in [5.74, 6) is 1.08. The number of nitrogens with one attached hydrogen (secondary N) is 2. The molecule has 2 N–H and O–H groups in total. The highest BCUT2D eigenvalue weighted by molar-refractivity contribution is 5.76. The van der Waals surface area contributed by atoms with Gasteiger partial charge in [0, 0.05) is 25.0 Å². The highest BCUT2D eigenvalue weighted by atomic mass is 16.1. The molecule has 2 aliphatic rings. The van der Waals surface area contributed by atoms with E-state index in [1.165, 1.54) is 25.7 Å². The van der Waals surface area contributed by atoms with Crippen LogP contribution in [0.4, 0.5) is 0 Å². The molecule has 0 spiro atoms. The molecule has 1 aliphatic carbocycles. The smallest absolute Gasteiger partial charge is 0.220 e. The Labute approximate surface area is 92.0 Å². The first-order valence-corrected chi connectivity index (χ1v) is 6.32. The lowest BCUT2D eigenvalue weighted by molar-refractivity contribution is -0.122. The Morgan fingerprint density at radius 3 is 2.93 bits per heavy atom. The minimum atomic E-state index is 0.214. The molecule has 0 bridgehead atoms. The zero-order valence-electron chi connectivity index (χ0n) is 9.59. The van der Waals surface area contributed by atoms with Gasteiger partial charge < -0.3 is 10.6 Å². The van der Waals surface area contributed by atoms with Crippen LogP contribution in [0.2, 0.25) is 0 Å². The van der Waals surface area contributed by atoms with Crippen molar-refractivity contribution in [3.8, 4) is 0 Å². The van der Waals surface area contributed by atoms with Crippen molar-refractivity contribution in [2.75, 3.05) is 6.54 Å². The second-order valence-corrected chi connectivity index (χ2v) is 4.91. The number of amides is 1. The fourth-order valence-electron chi connectivity index (χ4n) is 2.92. The maximum atomic E-state index is 11.0. The maximum absolute atomic E-state index is 11.0. The lowest BCUT2D eigenvalue weighted by Crippen LogP contribution is -2.50. The third-order valence-electron chi connectivity index (χ3n) is 3.90. The van der Waals surface area contributed by atoms with Gasteiger partial charge in [-0.25, -0.2) is 0 Å². The van der Waals surface area contributed by atoms with Gasteiger partial charge in [0.05, 0.1) is 0 Å². The average molecular weight is 210 g/mol. The van der Waals surface area contributed by atoms with E-state index in [0.717, 1.165) is 18.9 Å². The zero-order chi connectivity index (χ0) is 10.7. The van der Waals surface area contributed by atoms with Crippen molar-refractivity contribution in [1.29, 1.82) is 0 Å². The van der Waals surface area contributed by atoms with Gasteiger partial charge >= 0.3 is 0 Å². The fraction of sp³-hybridized carbons (Fsp3) is 0.917. The molecule has 1 amide bonds. The number of carbonyl (C=O) groups excluding carboxylic acids is 1. The summed E-state index contributed by atoms with van der Waals surface area (Å²) in [5, 5.41) is 6.66. The van der Waals surface area contributed by atoms with Gasteiger partial charge in [-0.1, -0.05) is 19.8 Å². The van der Waals surface area contributed by atoms with Crippen LogP contribution in [0.1, 0.15) is 45.4 Å². The SMILES string of the molecule is CCC1CCCC1NC1CCC(=O)NC1. The summed E-state index contributed by atoms with van der Waals surface area (Å²) in [4.78, 5) is 11.0. The maximum Gasteiger partial charge on any atom is 0.220 e. The minimum Gasteiger partial charge on any atom is -0.355 e. The van der Waals surface area contributed by atoms with Crippen molar-refractivity contribution in [2.24, 2.45) is 5.92 Å². The molecule has 0 aromatic rings. The van der Waals surface area contributed by atoms with Crippen LogP contribution in [0.15, 0.2) is 0 Å². The topological polar surface area (TPSA) is 41.1 Å². The second-order valence-electron chi connectivity index (χ2n) is 4.91. The molecule has 3 heteroatoms. The molecule has 0 aromatic carbocycles. The molecule has 1 saturated carbocycles. The van der Waals surface area contributed by atoms with Gasteiger partial charge in [-0.15, -0.1) is 0 Å². The summed E-state index contributed by atoms with van der Waals surface area (Å²) in [5.41, 5.74) is 0. The Morgan fingerprint density at radius 2 is 2.27 bits per heavy atom. The van der Waals surface area contributed by atoms with Gasteiger partial charge in [-0.2, -0.15) is 0 Å². The largest absolute Gasteiger partial charge is 0.355 e. The molecular weight excluding hydrogens is 188 g/mol. The van der Waals surface area contributed by atoms with E-state index in [4.69, 9.17) is 0 Å². The minimum absolute atomic E-state index is 0.214. The summed E-state index contributed by atoms with van der Waals surface area (Å²) >= 11 is 0. The zero-order valence-corrected chi connectivity index (χ0v) is 9.59. The molecule has 3 nitrogen and oxygen atoms in total. The average Bonchev–Trinajstić information content (AvgIpc) is 2.69. The summed E-state index contributed by atoms with van der Waals surface area (Å²) in [6.07, 6.45) is 7.07. The van der Waals surface area contributed by atoms with Crippen LogP contribution >= 0.6 is 0 Å². The summed E-state index contributed by atoms with van der Waals surface area (Å²) < 4.78 is 0. The van der Waals surface area contributed by atoms with E-state index in [2.05, 4.69) is 17.6 Å². The van der Waals surface area contributed by atoms with Gasteiger partial charge in [0.25, 0.3) is 0 Å². The summed E-state index contributed by atoms with van der Waals surface area (Å²) in [7, 11) is 0. The molecule has 0 aromatic heterocycles. The molecule has 1 heterocycles. The van der Waals surface area contributed by atoms with E-state index < -0.39 is 0 Å². The van der Waals surface area contributed by atoms with Crippen LogP contribution in [0.5, 0.6) is 0 Å². The third kappa shape index (κ3) is 2.71. The molecule has 1 saturated heterocycles. The third-order valence-corrected chi connectivity index (χ3v) is 3.90. The van der Waals surface area contributed by atoms with E-state index in [1.54, 1.807) is 0 Å². The van der Waals surface area contributed by atoms with Crippen LogP contribution in [0.25, 0.3) is 0 Å². The van der Waals surface area contributed by atoms with Gasteiger partial charge in [0.2, 0.25) is 5.91 Å². The highest BCUT2D eigenvalue weighted by Crippen LogP contribution is 2.28. The van der Waals surface area contributed by atoms with Crippen LogP contribution in [0, 0.1) is 5.92 Å². The molecule has 3 atom stereocenters. The standard InChI is InChI=1S/C12H22N2O/c1-2-9-4-3-5-11(9)14-10-6-7-12(15)13-8-10/h9-11,14H,2-8H2,1H3,(H,13,15). The molecular formula is C12H22N2O. The Bertz CT molecular complexity index is 220. The van der Waals surface area contributed by atoms with Crippen molar-refractivity contribution in [1.82, 2.24) is 10.6 Å². The first-order chi connectivity index (χ1) is 7.29. The fourth-order valence-corrected chi connectivity index (χ4v) is 2.92. The van der Waals surface area contributed by atoms with Crippen molar-refractivity contribution in [3.63, 3.8) is 0 Å². The first kappa shape index (κ1) is 10.9. The predicted molar refractivity (Wildman–Crippen MR) is 60.6 cm³/mol. The summed E-state index contributed by atoms with van der Waals surface area (Å²) in [6.45, 7) is 3.11. The Morgan fingerprint density at radius 1 is 1.40 bits per heavy atom. The second kappa shape index (κ2) is 4.97. The lowest BCUT2D eigenvalue weighted by Gasteiger charge is -2.29. The van der Waals surface area contributed by atoms with Crippen LogP contribution < -0.4 is 10.6 Å². The Balaban J connectivity index is 1.78. The van der Waals surface area contributed by atoms with E-state index in [9.17, 15) is 4.79 Å². The lowest BCUT2D eigenvalue weighted by atomic mass is 9.98. The first-order valence-electron chi connectivity index (χ1n) is 6.32. The number of hydrogen-bond donors (Lipinski definition) is 2. The van der Waals surface area contributed by atoms with E-state index in [1.807, 2.05) is 0 Å². The van der Waals surface area contributed by atoms with E-state index in [-0.39, 0.29) is 5.91 Å². The highest BCUT2D eigenvalue weighted by Gasteiger charge is 2.28. The predicted octanol–water partition coefficient (Wildman–Crippen LogP) is 1.43. The van der Waals surface area contributed by atoms with Crippen molar-refractivity contribution >= 4 is 5.91 Å². The molecule has 86 valence electrons. The Kier molecular flexibility index (Phi) is 3.62. The monoisotopic (exact) mass is 210 g/mol. The van der Waals surface area contributed by atoms with Gasteiger partial charge in [0.15, 0.2) is 0 Å². The summed E-state index contributed by atoms with van der Waals surface area (Å²) in [6, 6.07) is 1.22. The van der Waals surface area contributed by atoms with Gasteiger partial charge in [-0.05, 0) is 25.2 Å². The number of piperidine rings is 1. The molecule has 0 radical (unpaired) electrons. The molecule has 15 heavy (non-hydrogen) atoms. The van der Waals surface area contributed by atoms with Crippen molar-refractivity contribution < 1.29 is 4.79 Å². The van der Waals surface area contributed by atoms with Crippen molar-refractivity contribution in [3.05, 3.63) is 0 Å². The van der Waals surface area contributed by atoms with Crippen LogP contribution in [-0.4, -0.2) is 24.5 Å². The number of carbonyl (C=O) groups is 1.